The first kappa shape index (κ1) is 12.5. The Labute approximate surface area is 96.6 Å². The van der Waals surface area contributed by atoms with E-state index >= 15 is 0 Å². The van der Waals surface area contributed by atoms with E-state index in [1.54, 1.807) is 18.2 Å². The van der Waals surface area contributed by atoms with Crippen molar-refractivity contribution in [1.82, 2.24) is 0 Å². The van der Waals surface area contributed by atoms with E-state index < -0.39 is 5.97 Å². The molecule has 0 aromatic heterocycles. The second-order valence-corrected chi connectivity index (χ2v) is 2.90. The van der Waals surface area contributed by atoms with Crippen molar-refractivity contribution in [2.24, 2.45) is 9.98 Å². The predicted octanol–water partition coefficient (Wildman–Crippen LogP) is 1.29. The molecule has 6 nitrogen and oxygen atoms in total. The zero-order valence-corrected chi connectivity index (χ0v) is 8.75. The Balaban J connectivity index is 2.61. The summed E-state index contributed by atoms with van der Waals surface area (Å²) in [4.78, 5) is 37.6. The van der Waals surface area contributed by atoms with Crippen LogP contribution in [-0.2, 0) is 14.4 Å². The van der Waals surface area contributed by atoms with Crippen molar-refractivity contribution in [2.75, 3.05) is 6.54 Å². The number of aliphatic imine (C=N–C) groups is 2. The van der Waals surface area contributed by atoms with Crippen molar-refractivity contribution in [1.29, 1.82) is 0 Å². The number of rotatable bonds is 5. The number of nitrogens with zero attached hydrogens (tertiary/aromatic N) is 2. The highest BCUT2D eigenvalue weighted by Crippen LogP contribution is 2.19. The number of carbonyl (C=O) groups excluding carboxylic acids is 3. The van der Waals surface area contributed by atoms with Crippen LogP contribution < -0.4 is 4.74 Å². The van der Waals surface area contributed by atoms with Gasteiger partial charge in [-0.2, -0.15) is 4.99 Å². The number of carbonyl (C=O) groups is 1. The molecule has 1 rings (SSSR count). The lowest BCUT2D eigenvalue weighted by Crippen LogP contribution is -2.08. The highest BCUT2D eigenvalue weighted by Gasteiger charge is 2.04. The van der Waals surface area contributed by atoms with Crippen LogP contribution in [0.3, 0.4) is 0 Å². The molecule has 0 amide bonds. The van der Waals surface area contributed by atoms with E-state index in [0.29, 0.717) is 5.69 Å². The summed E-state index contributed by atoms with van der Waals surface area (Å²) in [5.74, 6) is -0.266. The Bertz CT molecular complexity index is 500. The third-order valence-electron chi connectivity index (χ3n) is 1.72. The average molecular weight is 232 g/mol. The van der Waals surface area contributed by atoms with Crippen LogP contribution in [0.1, 0.15) is 6.42 Å². The molecular weight excluding hydrogens is 224 g/mol. The van der Waals surface area contributed by atoms with Crippen LogP contribution in [0.15, 0.2) is 34.3 Å². The van der Waals surface area contributed by atoms with Gasteiger partial charge in [-0.1, -0.05) is 6.07 Å². The molecule has 0 radical (unpaired) electrons. The van der Waals surface area contributed by atoms with Crippen molar-refractivity contribution in [3.05, 3.63) is 24.3 Å². The molecule has 0 fully saturated rings. The number of hydrogen-bond acceptors (Lipinski definition) is 6. The lowest BCUT2D eigenvalue weighted by Gasteiger charge is -2.02. The maximum Gasteiger partial charge on any atom is 0.313 e. The molecule has 0 aliphatic heterocycles. The summed E-state index contributed by atoms with van der Waals surface area (Å²) in [6, 6.07) is 6.12. The van der Waals surface area contributed by atoms with Crippen LogP contribution in [-0.4, -0.2) is 24.7 Å². The predicted molar refractivity (Wildman–Crippen MR) is 57.5 cm³/mol. The van der Waals surface area contributed by atoms with E-state index in [9.17, 15) is 14.4 Å². The molecule has 0 aliphatic rings. The van der Waals surface area contributed by atoms with Crippen LogP contribution in [0.4, 0.5) is 5.69 Å². The van der Waals surface area contributed by atoms with Gasteiger partial charge in [0.05, 0.1) is 18.7 Å². The molecule has 0 N–H and O–H groups in total. The van der Waals surface area contributed by atoms with E-state index in [1.807, 2.05) is 0 Å². The van der Waals surface area contributed by atoms with Gasteiger partial charge in [-0.15, -0.1) is 0 Å². The molecule has 0 saturated heterocycles. The highest BCUT2D eigenvalue weighted by atomic mass is 16.5. The van der Waals surface area contributed by atoms with Crippen molar-refractivity contribution < 1.29 is 19.1 Å². The summed E-state index contributed by atoms with van der Waals surface area (Å²) in [6.45, 7) is 0.0362. The first-order valence-corrected chi connectivity index (χ1v) is 4.68. The first-order chi connectivity index (χ1) is 8.26. The standard InChI is InChI=1S/C11H8N2O4/c14-7-12-5-4-11(16)17-10-3-1-2-9(6-10)13-8-15/h1-3,6H,4-5H2. The molecule has 0 saturated carbocycles. The minimum Gasteiger partial charge on any atom is -0.426 e. The van der Waals surface area contributed by atoms with Gasteiger partial charge in [-0.05, 0) is 12.1 Å². The fourth-order valence-electron chi connectivity index (χ4n) is 1.04. The lowest BCUT2D eigenvalue weighted by atomic mass is 10.3. The van der Waals surface area contributed by atoms with Crippen molar-refractivity contribution in [2.45, 2.75) is 6.42 Å². The van der Waals surface area contributed by atoms with Crippen molar-refractivity contribution in [3.63, 3.8) is 0 Å². The highest BCUT2D eigenvalue weighted by molar-refractivity contribution is 5.73. The normalized spacial score (nSPS) is 8.71. The van der Waals surface area contributed by atoms with Crippen molar-refractivity contribution in [3.8, 4) is 5.75 Å². The van der Waals surface area contributed by atoms with E-state index in [0.717, 1.165) is 0 Å². The Morgan fingerprint density at radius 3 is 2.82 bits per heavy atom. The molecule has 1 aromatic rings. The fraction of sp³-hybridized carbons (Fsp3) is 0.182. The summed E-state index contributed by atoms with van der Waals surface area (Å²) < 4.78 is 4.93. The summed E-state index contributed by atoms with van der Waals surface area (Å²) in [7, 11) is 0. The molecule has 0 spiro atoms. The van der Waals surface area contributed by atoms with Gasteiger partial charge in [0, 0.05) is 6.07 Å². The minimum absolute atomic E-state index is 0.0174. The zero-order valence-electron chi connectivity index (χ0n) is 8.75. The fourth-order valence-corrected chi connectivity index (χ4v) is 1.04. The maximum absolute atomic E-state index is 11.2. The third-order valence-corrected chi connectivity index (χ3v) is 1.72. The molecule has 0 unspecified atom stereocenters. The monoisotopic (exact) mass is 232 g/mol. The molecule has 0 bridgehead atoms. The molecule has 6 heteroatoms. The quantitative estimate of drug-likeness (QED) is 0.331. The van der Waals surface area contributed by atoms with Crippen LogP contribution in [0.5, 0.6) is 5.75 Å². The minimum atomic E-state index is -0.531. The van der Waals surface area contributed by atoms with Gasteiger partial charge in [0.2, 0.25) is 12.2 Å². The Morgan fingerprint density at radius 1 is 1.29 bits per heavy atom. The third kappa shape index (κ3) is 4.66. The Morgan fingerprint density at radius 2 is 2.12 bits per heavy atom. The van der Waals surface area contributed by atoms with E-state index in [4.69, 9.17) is 4.74 Å². The molecule has 0 aliphatic carbocycles. The van der Waals surface area contributed by atoms with Gasteiger partial charge in [0.15, 0.2) is 0 Å². The van der Waals surface area contributed by atoms with Crippen LogP contribution in [0, 0.1) is 0 Å². The summed E-state index contributed by atoms with van der Waals surface area (Å²) in [5.41, 5.74) is 0.344. The number of isocyanates is 2. The molecular formula is C11H8N2O4. The maximum atomic E-state index is 11.2. The second-order valence-electron chi connectivity index (χ2n) is 2.90. The topological polar surface area (TPSA) is 85.2 Å². The SMILES string of the molecule is O=C=NCCC(=O)Oc1cccc(N=C=O)c1. The summed E-state index contributed by atoms with van der Waals surface area (Å²) >= 11 is 0. The second kappa shape index (κ2) is 6.85. The van der Waals surface area contributed by atoms with Gasteiger partial charge < -0.3 is 4.74 Å². The Kier molecular flexibility index (Phi) is 5.04. The molecule has 0 heterocycles. The molecule has 0 atom stereocenters. The van der Waals surface area contributed by atoms with Gasteiger partial charge in [-0.3, -0.25) is 4.79 Å². The first-order valence-electron chi connectivity index (χ1n) is 4.68. The molecule has 1 aromatic carbocycles. The van der Waals surface area contributed by atoms with Gasteiger partial charge in [-0.25, -0.2) is 14.6 Å². The summed E-state index contributed by atoms with van der Waals surface area (Å²) in [6.07, 6.45) is 2.69. The molecule has 17 heavy (non-hydrogen) atoms. The van der Waals surface area contributed by atoms with E-state index in [2.05, 4.69) is 9.98 Å². The van der Waals surface area contributed by atoms with Gasteiger partial charge >= 0.3 is 5.97 Å². The number of esters is 1. The van der Waals surface area contributed by atoms with Crippen LogP contribution in [0.2, 0.25) is 0 Å². The van der Waals surface area contributed by atoms with Crippen LogP contribution >= 0.6 is 0 Å². The Hall–Kier alpha value is -2.55. The van der Waals surface area contributed by atoms with Crippen LogP contribution in [0.25, 0.3) is 0 Å². The number of hydrogen-bond donors (Lipinski definition) is 0. The zero-order chi connectivity index (χ0) is 12.5. The molecule has 86 valence electrons. The van der Waals surface area contributed by atoms with Gasteiger partial charge in [0.25, 0.3) is 0 Å². The van der Waals surface area contributed by atoms with Crippen molar-refractivity contribution >= 4 is 23.8 Å². The summed E-state index contributed by atoms with van der Waals surface area (Å²) in [5, 5.41) is 0. The average Bonchev–Trinajstić information content (AvgIpc) is 2.30. The van der Waals surface area contributed by atoms with E-state index in [1.165, 1.54) is 18.2 Å². The smallest absolute Gasteiger partial charge is 0.313 e. The van der Waals surface area contributed by atoms with Gasteiger partial charge in [0.1, 0.15) is 5.75 Å². The lowest BCUT2D eigenvalue weighted by molar-refractivity contribution is -0.134. The number of benzene rings is 1. The van der Waals surface area contributed by atoms with E-state index in [-0.39, 0.29) is 18.7 Å². The number of ether oxygens (including phenoxy) is 1. The largest absolute Gasteiger partial charge is 0.426 e.